The fourth-order valence-electron chi connectivity index (χ4n) is 2.33. The molecule has 1 saturated heterocycles. The standard InChI is InChI=1S/C12H15N3O2S/c1-12(2)6-4-8-15(12)18(16,17)11-5-3-7-14-10(11)9-13/h3,5,7H,4,6,8H2,1-2H3. The summed E-state index contributed by atoms with van der Waals surface area (Å²) in [7, 11) is -3.64. The SMILES string of the molecule is CC1(C)CCCN1S(=O)(=O)c1cccnc1C#N. The molecule has 1 aliphatic heterocycles. The van der Waals surface area contributed by atoms with Crippen LogP contribution >= 0.6 is 0 Å². The van der Waals surface area contributed by atoms with Gasteiger partial charge in [-0.15, -0.1) is 0 Å². The van der Waals surface area contributed by atoms with E-state index in [1.165, 1.54) is 22.6 Å². The third kappa shape index (κ3) is 2.00. The first-order valence-electron chi connectivity index (χ1n) is 5.77. The number of rotatable bonds is 2. The maximum atomic E-state index is 12.6. The Morgan fingerprint density at radius 1 is 1.50 bits per heavy atom. The molecule has 0 spiro atoms. The first-order valence-corrected chi connectivity index (χ1v) is 7.21. The van der Waals surface area contributed by atoms with E-state index in [1.54, 1.807) is 0 Å². The van der Waals surface area contributed by atoms with E-state index in [4.69, 9.17) is 5.26 Å². The van der Waals surface area contributed by atoms with E-state index in [0.29, 0.717) is 6.54 Å². The van der Waals surface area contributed by atoms with Crippen molar-refractivity contribution in [2.75, 3.05) is 6.54 Å². The summed E-state index contributed by atoms with van der Waals surface area (Å²) in [5, 5.41) is 8.96. The van der Waals surface area contributed by atoms with E-state index in [-0.39, 0.29) is 10.6 Å². The topological polar surface area (TPSA) is 74.1 Å². The number of hydrogen-bond acceptors (Lipinski definition) is 4. The van der Waals surface area contributed by atoms with Crippen LogP contribution in [0.3, 0.4) is 0 Å². The first kappa shape index (κ1) is 13.0. The number of nitrogens with zero attached hydrogens (tertiary/aromatic N) is 3. The molecule has 0 radical (unpaired) electrons. The van der Waals surface area contributed by atoms with Crippen LogP contribution in [0.25, 0.3) is 0 Å². The predicted octanol–water partition coefficient (Wildman–Crippen LogP) is 1.52. The van der Waals surface area contributed by atoms with Crippen molar-refractivity contribution in [3.8, 4) is 6.07 Å². The maximum Gasteiger partial charge on any atom is 0.246 e. The lowest BCUT2D eigenvalue weighted by Crippen LogP contribution is -2.42. The Balaban J connectivity index is 2.53. The monoisotopic (exact) mass is 265 g/mol. The first-order chi connectivity index (χ1) is 8.39. The van der Waals surface area contributed by atoms with Crippen molar-refractivity contribution in [1.29, 1.82) is 5.26 Å². The third-order valence-electron chi connectivity index (χ3n) is 3.27. The van der Waals surface area contributed by atoms with Crippen LogP contribution in [-0.4, -0.2) is 29.8 Å². The summed E-state index contributed by atoms with van der Waals surface area (Å²) in [6.07, 6.45) is 3.09. The molecule has 6 heteroatoms. The van der Waals surface area contributed by atoms with Gasteiger partial charge in [0.05, 0.1) is 0 Å². The van der Waals surface area contributed by atoms with Crippen molar-refractivity contribution in [3.63, 3.8) is 0 Å². The molecule has 1 aromatic rings. The molecule has 0 aromatic carbocycles. The zero-order valence-corrected chi connectivity index (χ0v) is 11.2. The van der Waals surface area contributed by atoms with Crippen molar-refractivity contribution in [2.24, 2.45) is 0 Å². The molecular weight excluding hydrogens is 250 g/mol. The Bertz CT molecular complexity index is 602. The Morgan fingerprint density at radius 3 is 2.78 bits per heavy atom. The Hall–Kier alpha value is -1.45. The van der Waals surface area contributed by atoms with Gasteiger partial charge in [0.25, 0.3) is 0 Å². The lowest BCUT2D eigenvalue weighted by atomic mass is 10.0. The minimum absolute atomic E-state index is 0.00229. The molecular formula is C12H15N3O2S. The van der Waals surface area contributed by atoms with E-state index in [0.717, 1.165) is 12.8 Å². The van der Waals surface area contributed by atoms with Gasteiger partial charge in [-0.1, -0.05) is 0 Å². The molecule has 0 atom stereocenters. The summed E-state index contributed by atoms with van der Waals surface area (Å²) in [4.78, 5) is 3.82. The van der Waals surface area contributed by atoms with Gasteiger partial charge in [-0.25, -0.2) is 13.4 Å². The molecule has 0 unspecified atom stereocenters. The summed E-state index contributed by atoms with van der Waals surface area (Å²) in [6, 6.07) is 4.81. The smallest absolute Gasteiger partial charge is 0.244 e. The highest BCUT2D eigenvalue weighted by atomic mass is 32.2. The molecule has 1 aliphatic rings. The van der Waals surface area contributed by atoms with Crippen molar-refractivity contribution < 1.29 is 8.42 Å². The highest BCUT2D eigenvalue weighted by molar-refractivity contribution is 7.89. The van der Waals surface area contributed by atoms with Crippen LogP contribution in [0.5, 0.6) is 0 Å². The second-order valence-electron chi connectivity index (χ2n) is 4.96. The van der Waals surface area contributed by atoms with Crippen LogP contribution < -0.4 is 0 Å². The lowest BCUT2D eigenvalue weighted by Gasteiger charge is -2.30. The minimum Gasteiger partial charge on any atom is -0.244 e. The van der Waals surface area contributed by atoms with E-state index in [1.807, 2.05) is 19.9 Å². The Morgan fingerprint density at radius 2 is 2.22 bits per heavy atom. The van der Waals surface area contributed by atoms with Crippen molar-refractivity contribution in [1.82, 2.24) is 9.29 Å². The normalized spacial score (nSPS) is 19.6. The zero-order chi connectivity index (χ0) is 13.4. The average Bonchev–Trinajstić information content (AvgIpc) is 2.69. The fraction of sp³-hybridized carbons (Fsp3) is 0.500. The van der Waals surface area contributed by atoms with Gasteiger partial charge >= 0.3 is 0 Å². The number of pyridine rings is 1. The second-order valence-corrected chi connectivity index (χ2v) is 6.79. The van der Waals surface area contributed by atoms with Crippen molar-refractivity contribution >= 4 is 10.0 Å². The van der Waals surface area contributed by atoms with Gasteiger partial charge in [-0.2, -0.15) is 9.57 Å². The van der Waals surface area contributed by atoms with Gasteiger partial charge in [-0.3, -0.25) is 0 Å². The molecule has 5 nitrogen and oxygen atoms in total. The minimum atomic E-state index is -3.64. The molecule has 96 valence electrons. The second kappa shape index (κ2) is 4.34. The van der Waals surface area contributed by atoms with Crippen LogP contribution in [0.1, 0.15) is 32.4 Å². The zero-order valence-electron chi connectivity index (χ0n) is 10.4. The van der Waals surface area contributed by atoms with Crippen LogP contribution in [0.2, 0.25) is 0 Å². The molecule has 0 saturated carbocycles. The molecule has 2 heterocycles. The molecule has 0 N–H and O–H groups in total. The average molecular weight is 265 g/mol. The lowest BCUT2D eigenvalue weighted by molar-refractivity contribution is 0.291. The fourth-order valence-corrected chi connectivity index (χ4v) is 4.27. The molecule has 0 amide bonds. The van der Waals surface area contributed by atoms with Gasteiger partial charge in [0.1, 0.15) is 11.0 Å². The number of nitriles is 1. The summed E-state index contributed by atoms with van der Waals surface area (Å²) in [5.41, 5.74) is -0.443. The highest BCUT2D eigenvalue weighted by Gasteiger charge is 2.41. The molecule has 0 bridgehead atoms. The van der Waals surface area contributed by atoms with E-state index in [9.17, 15) is 8.42 Å². The highest BCUT2D eigenvalue weighted by Crippen LogP contribution is 2.34. The number of hydrogen-bond donors (Lipinski definition) is 0. The molecule has 1 aromatic heterocycles. The predicted molar refractivity (Wildman–Crippen MR) is 66.2 cm³/mol. The Labute approximate surface area is 107 Å². The number of aromatic nitrogens is 1. The van der Waals surface area contributed by atoms with Gasteiger partial charge in [-0.05, 0) is 38.8 Å². The van der Waals surface area contributed by atoms with Crippen LogP contribution in [0, 0.1) is 11.3 Å². The molecule has 0 aliphatic carbocycles. The molecule has 2 rings (SSSR count). The quantitative estimate of drug-likeness (QED) is 0.812. The van der Waals surface area contributed by atoms with Gasteiger partial charge < -0.3 is 0 Å². The van der Waals surface area contributed by atoms with Gasteiger partial charge in [0.2, 0.25) is 10.0 Å². The van der Waals surface area contributed by atoms with E-state index < -0.39 is 15.6 Å². The number of sulfonamides is 1. The molecule has 1 fully saturated rings. The summed E-state index contributed by atoms with van der Waals surface area (Å²) in [5.74, 6) is 0. The summed E-state index contributed by atoms with van der Waals surface area (Å²) in [6.45, 7) is 4.30. The summed E-state index contributed by atoms with van der Waals surface area (Å²) >= 11 is 0. The van der Waals surface area contributed by atoms with Gasteiger partial charge in [0.15, 0.2) is 5.69 Å². The summed E-state index contributed by atoms with van der Waals surface area (Å²) < 4.78 is 26.6. The third-order valence-corrected chi connectivity index (χ3v) is 5.41. The van der Waals surface area contributed by atoms with E-state index in [2.05, 4.69) is 4.98 Å². The Kier molecular flexibility index (Phi) is 3.13. The van der Waals surface area contributed by atoms with E-state index >= 15 is 0 Å². The van der Waals surface area contributed by atoms with Gasteiger partial charge in [0, 0.05) is 18.3 Å². The van der Waals surface area contributed by atoms with Crippen molar-refractivity contribution in [3.05, 3.63) is 24.0 Å². The van der Waals surface area contributed by atoms with Crippen LogP contribution in [0.15, 0.2) is 23.2 Å². The maximum absolute atomic E-state index is 12.6. The van der Waals surface area contributed by atoms with Crippen LogP contribution in [0.4, 0.5) is 0 Å². The van der Waals surface area contributed by atoms with Crippen molar-refractivity contribution in [2.45, 2.75) is 37.1 Å². The van der Waals surface area contributed by atoms with Crippen LogP contribution in [-0.2, 0) is 10.0 Å². The molecule has 18 heavy (non-hydrogen) atoms. The largest absolute Gasteiger partial charge is 0.246 e.